The van der Waals surface area contributed by atoms with Crippen molar-refractivity contribution in [3.8, 4) is 10.6 Å². The predicted octanol–water partition coefficient (Wildman–Crippen LogP) is 3.50. The number of amides is 2. The second-order valence-electron chi connectivity index (χ2n) is 6.86. The van der Waals surface area contributed by atoms with Gasteiger partial charge in [-0.05, 0) is 31.0 Å². The van der Waals surface area contributed by atoms with Crippen LogP contribution in [0.5, 0.6) is 0 Å². The molecule has 0 saturated heterocycles. The largest absolute Gasteiger partial charge is 0.451 e. The molecule has 0 atom stereocenters. The maximum atomic E-state index is 12.2. The summed E-state index contributed by atoms with van der Waals surface area (Å²) < 4.78 is 5.06. The third kappa shape index (κ3) is 5.09. The first-order valence-electron chi connectivity index (χ1n) is 9.47. The average Bonchev–Trinajstić information content (AvgIpc) is 3.44. The Labute approximate surface area is 177 Å². The van der Waals surface area contributed by atoms with Gasteiger partial charge in [-0.3, -0.25) is 9.59 Å². The summed E-state index contributed by atoms with van der Waals surface area (Å²) in [7, 11) is 0. The van der Waals surface area contributed by atoms with Crippen LogP contribution < -0.4 is 10.6 Å². The van der Waals surface area contributed by atoms with Crippen LogP contribution in [0.4, 0.5) is 5.69 Å². The van der Waals surface area contributed by atoms with Crippen molar-refractivity contribution in [2.45, 2.75) is 18.9 Å². The monoisotopic (exact) mass is 421 g/mol. The van der Waals surface area contributed by atoms with Crippen LogP contribution in [0.3, 0.4) is 0 Å². The van der Waals surface area contributed by atoms with Gasteiger partial charge in [-0.2, -0.15) is 0 Å². The molecule has 8 heteroatoms. The van der Waals surface area contributed by atoms with E-state index in [4.69, 9.17) is 4.74 Å². The Hall–Kier alpha value is -3.52. The second-order valence-corrected chi connectivity index (χ2v) is 7.71. The highest BCUT2D eigenvalue weighted by molar-refractivity contribution is 7.13. The van der Waals surface area contributed by atoms with Gasteiger partial charge in [-0.25, -0.2) is 9.78 Å². The second kappa shape index (κ2) is 8.87. The number of hydrogen-bond donors (Lipinski definition) is 2. The van der Waals surface area contributed by atoms with Gasteiger partial charge in [0.25, 0.3) is 11.8 Å². The number of nitrogens with zero attached hydrogens (tertiary/aromatic N) is 1. The number of esters is 1. The lowest BCUT2D eigenvalue weighted by atomic mass is 10.2. The zero-order chi connectivity index (χ0) is 20.9. The molecule has 4 rings (SSSR count). The molecule has 2 amide bonds. The fourth-order valence-electron chi connectivity index (χ4n) is 2.72. The highest BCUT2D eigenvalue weighted by atomic mass is 32.1. The van der Waals surface area contributed by atoms with Gasteiger partial charge >= 0.3 is 5.97 Å². The molecule has 0 radical (unpaired) electrons. The van der Waals surface area contributed by atoms with Crippen molar-refractivity contribution in [3.63, 3.8) is 0 Å². The zero-order valence-corrected chi connectivity index (χ0v) is 16.8. The maximum Gasteiger partial charge on any atom is 0.358 e. The molecule has 152 valence electrons. The van der Waals surface area contributed by atoms with Crippen LogP contribution in [0.1, 0.15) is 33.7 Å². The number of anilines is 1. The molecule has 30 heavy (non-hydrogen) atoms. The smallest absolute Gasteiger partial charge is 0.358 e. The van der Waals surface area contributed by atoms with Gasteiger partial charge in [-0.15, -0.1) is 11.3 Å². The van der Waals surface area contributed by atoms with Crippen LogP contribution in [0.2, 0.25) is 0 Å². The number of hydrogen-bond acceptors (Lipinski definition) is 6. The Balaban J connectivity index is 1.30. The third-order valence-corrected chi connectivity index (χ3v) is 5.28. The quantitative estimate of drug-likeness (QED) is 0.569. The number of ether oxygens (including phenoxy) is 1. The van der Waals surface area contributed by atoms with E-state index in [1.807, 2.05) is 30.3 Å². The molecular formula is C22H19N3O4S. The van der Waals surface area contributed by atoms with Gasteiger partial charge in [-0.1, -0.05) is 36.4 Å². The summed E-state index contributed by atoms with van der Waals surface area (Å²) in [5.41, 5.74) is 1.99. The number of benzene rings is 2. The summed E-state index contributed by atoms with van der Waals surface area (Å²) in [5.74, 6) is -1.33. The normalized spacial score (nSPS) is 12.8. The maximum absolute atomic E-state index is 12.2. The minimum Gasteiger partial charge on any atom is -0.451 e. The Morgan fingerprint density at radius 3 is 2.63 bits per heavy atom. The topological polar surface area (TPSA) is 97.4 Å². The summed E-state index contributed by atoms with van der Waals surface area (Å²) >= 11 is 1.33. The molecule has 2 aromatic carbocycles. The van der Waals surface area contributed by atoms with Crippen molar-refractivity contribution in [2.24, 2.45) is 0 Å². The summed E-state index contributed by atoms with van der Waals surface area (Å²) in [4.78, 5) is 40.7. The van der Waals surface area contributed by atoms with Gasteiger partial charge < -0.3 is 15.4 Å². The Kier molecular flexibility index (Phi) is 5.85. The Morgan fingerprint density at radius 2 is 1.87 bits per heavy atom. The first kappa shape index (κ1) is 19.8. The lowest BCUT2D eigenvalue weighted by molar-refractivity contribution is -0.119. The van der Waals surface area contributed by atoms with E-state index in [1.54, 1.807) is 29.6 Å². The number of aromatic nitrogens is 1. The van der Waals surface area contributed by atoms with E-state index in [2.05, 4.69) is 15.6 Å². The van der Waals surface area contributed by atoms with E-state index in [-0.39, 0.29) is 17.6 Å². The minimum absolute atomic E-state index is 0.158. The van der Waals surface area contributed by atoms with Crippen LogP contribution in [0.15, 0.2) is 60.0 Å². The van der Waals surface area contributed by atoms with Gasteiger partial charge in [0.1, 0.15) is 5.01 Å². The van der Waals surface area contributed by atoms with Gasteiger partial charge in [0.2, 0.25) is 0 Å². The summed E-state index contributed by atoms with van der Waals surface area (Å²) in [5, 5.41) is 7.83. The number of thiazole rings is 1. The van der Waals surface area contributed by atoms with Crippen molar-refractivity contribution < 1.29 is 19.1 Å². The van der Waals surface area contributed by atoms with Crippen LogP contribution in [-0.2, 0) is 9.53 Å². The molecule has 1 aliphatic rings. The lowest BCUT2D eigenvalue weighted by Crippen LogP contribution is -2.25. The summed E-state index contributed by atoms with van der Waals surface area (Å²) in [6.07, 6.45) is 2.00. The molecular weight excluding hydrogens is 402 g/mol. The number of rotatable bonds is 7. The molecule has 1 saturated carbocycles. The molecule has 2 N–H and O–H groups in total. The zero-order valence-electron chi connectivity index (χ0n) is 16.0. The average molecular weight is 421 g/mol. The predicted molar refractivity (Wildman–Crippen MR) is 113 cm³/mol. The standard InChI is InChI=1S/C22H19N3O4S/c26-19(23-17-8-4-7-15(11-17)20(27)24-16-9-10-16)12-29-22(28)18-13-30-21(25-18)14-5-2-1-3-6-14/h1-8,11,13,16H,9-10,12H2,(H,23,26)(H,24,27). The molecule has 0 spiro atoms. The molecule has 7 nitrogen and oxygen atoms in total. The highest BCUT2D eigenvalue weighted by Gasteiger charge is 2.24. The minimum atomic E-state index is -0.666. The first-order chi connectivity index (χ1) is 14.6. The Morgan fingerprint density at radius 1 is 1.07 bits per heavy atom. The molecule has 1 fully saturated rings. The van der Waals surface area contributed by atoms with E-state index in [0.29, 0.717) is 16.3 Å². The van der Waals surface area contributed by atoms with Crippen molar-refractivity contribution in [1.29, 1.82) is 0 Å². The van der Waals surface area contributed by atoms with Crippen LogP contribution in [0.25, 0.3) is 10.6 Å². The lowest BCUT2D eigenvalue weighted by Gasteiger charge is -2.08. The van der Waals surface area contributed by atoms with Gasteiger partial charge in [0.15, 0.2) is 12.3 Å². The fourth-order valence-corrected chi connectivity index (χ4v) is 3.51. The number of nitrogens with one attached hydrogen (secondary N) is 2. The molecule has 1 aliphatic carbocycles. The third-order valence-electron chi connectivity index (χ3n) is 4.39. The van der Waals surface area contributed by atoms with E-state index in [9.17, 15) is 14.4 Å². The molecule has 3 aromatic rings. The highest BCUT2D eigenvalue weighted by Crippen LogP contribution is 2.23. The Bertz CT molecular complexity index is 1080. The van der Waals surface area contributed by atoms with Gasteiger partial charge in [0.05, 0.1) is 0 Å². The SMILES string of the molecule is O=C(COC(=O)c1csc(-c2ccccc2)n1)Nc1cccc(C(=O)NC2CC2)c1. The summed E-state index contributed by atoms with van der Waals surface area (Å²) in [6, 6.07) is 16.4. The van der Waals surface area contributed by atoms with Gasteiger partial charge in [0, 0.05) is 28.2 Å². The first-order valence-corrected chi connectivity index (χ1v) is 10.4. The molecule has 0 bridgehead atoms. The van der Waals surface area contributed by atoms with E-state index in [1.165, 1.54) is 11.3 Å². The number of carbonyl (C=O) groups is 3. The van der Waals surface area contributed by atoms with Crippen molar-refractivity contribution in [3.05, 3.63) is 71.2 Å². The van der Waals surface area contributed by atoms with Crippen LogP contribution >= 0.6 is 11.3 Å². The van der Waals surface area contributed by atoms with Crippen molar-refractivity contribution in [1.82, 2.24) is 10.3 Å². The summed E-state index contributed by atoms with van der Waals surface area (Å²) in [6.45, 7) is -0.449. The number of carbonyl (C=O) groups excluding carboxylic acids is 3. The molecule has 0 aliphatic heterocycles. The van der Waals surface area contributed by atoms with E-state index >= 15 is 0 Å². The van der Waals surface area contributed by atoms with E-state index < -0.39 is 18.5 Å². The van der Waals surface area contributed by atoms with Crippen LogP contribution in [0, 0.1) is 0 Å². The van der Waals surface area contributed by atoms with E-state index in [0.717, 1.165) is 18.4 Å². The van der Waals surface area contributed by atoms with Crippen LogP contribution in [-0.4, -0.2) is 35.4 Å². The van der Waals surface area contributed by atoms with Crippen molar-refractivity contribution >= 4 is 34.8 Å². The fraction of sp³-hybridized carbons (Fsp3) is 0.182. The molecule has 0 unspecified atom stereocenters. The van der Waals surface area contributed by atoms with Crippen molar-refractivity contribution in [2.75, 3.05) is 11.9 Å². The molecule has 1 aromatic heterocycles. The molecule has 1 heterocycles.